The molecule has 0 aliphatic heterocycles. The van der Waals surface area contributed by atoms with Gasteiger partial charge in [0.15, 0.2) is 6.10 Å². The van der Waals surface area contributed by atoms with Gasteiger partial charge >= 0.3 is 0 Å². The monoisotopic (exact) mass is 413 g/mol. The minimum absolute atomic E-state index is 0.0669. The molecule has 3 aromatic carbocycles. The smallest absolute Gasteiger partial charge is 0.261 e. The molecular weight excluding hydrogens is 390 g/mol. The average molecular weight is 414 g/mol. The number of nitrogens with one attached hydrogen (secondary N) is 1. The van der Waals surface area contributed by atoms with Crippen LogP contribution in [0.3, 0.4) is 0 Å². The Balaban J connectivity index is 1.44. The molecule has 1 atom stereocenters. The standard InChI is InChI=1S/C23H24ClNO2S/c1-2-22(27-21-12-9-18-5-3-4-6-19(18)15-21)23(26)25-13-14-28-16-17-7-10-20(24)11-8-17/h3-12,15,22H,2,13-14,16H2,1H3,(H,25,26)/t22-/m1/s1. The van der Waals surface area contributed by atoms with Gasteiger partial charge in [0.2, 0.25) is 0 Å². The van der Waals surface area contributed by atoms with Crippen molar-refractivity contribution in [3.63, 3.8) is 0 Å². The van der Waals surface area contributed by atoms with Gasteiger partial charge in [0.25, 0.3) is 5.91 Å². The zero-order valence-corrected chi connectivity index (χ0v) is 17.4. The normalized spacial score (nSPS) is 11.9. The molecule has 0 saturated carbocycles. The number of benzene rings is 3. The van der Waals surface area contributed by atoms with E-state index in [2.05, 4.69) is 11.4 Å². The third-order valence-electron chi connectivity index (χ3n) is 4.39. The third kappa shape index (κ3) is 5.91. The first-order valence-electron chi connectivity index (χ1n) is 9.41. The van der Waals surface area contributed by atoms with Crippen molar-refractivity contribution < 1.29 is 9.53 Å². The maximum Gasteiger partial charge on any atom is 0.261 e. The number of thioether (sulfide) groups is 1. The number of carbonyl (C=O) groups excluding carboxylic acids is 1. The van der Waals surface area contributed by atoms with E-state index in [1.165, 1.54) is 5.56 Å². The van der Waals surface area contributed by atoms with Gasteiger partial charge in [-0.05, 0) is 47.0 Å². The fourth-order valence-corrected chi connectivity index (χ4v) is 3.80. The molecule has 3 aromatic rings. The Labute approximate surface area is 175 Å². The summed E-state index contributed by atoms with van der Waals surface area (Å²) in [6.07, 6.45) is 0.138. The zero-order valence-electron chi connectivity index (χ0n) is 15.9. The molecule has 0 aliphatic rings. The van der Waals surface area contributed by atoms with Crippen LogP contribution in [0.25, 0.3) is 10.8 Å². The minimum atomic E-state index is -0.484. The molecule has 0 bridgehead atoms. The molecule has 0 fully saturated rings. The molecule has 146 valence electrons. The van der Waals surface area contributed by atoms with E-state index in [1.807, 2.05) is 67.6 Å². The van der Waals surface area contributed by atoms with Gasteiger partial charge in [-0.3, -0.25) is 4.79 Å². The number of halogens is 1. The Kier molecular flexibility index (Phi) is 7.63. The minimum Gasteiger partial charge on any atom is -0.481 e. The lowest BCUT2D eigenvalue weighted by Gasteiger charge is -2.17. The quantitative estimate of drug-likeness (QED) is 0.457. The van der Waals surface area contributed by atoms with Crippen LogP contribution in [0, 0.1) is 0 Å². The van der Waals surface area contributed by atoms with Gasteiger partial charge in [-0.25, -0.2) is 0 Å². The highest BCUT2D eigenvalue weighted by Crippen LogP contribution is 2.22. The maximum atomic E-state index is 12.5. The number of rotatable bonds is 9. The summed E-state index contributed by atoms with van der Waals surface area (Å²) >= 11 is 7.67. The van der Waals surface area contributed by atoms with Crippen LogP contribution in [0.5, 0.6) is 5.75 Å². The molecule has 0 aromatic heterocycles. The molecule has 3 nitrogen and oxygen atoms in total. The van der Waals surface area contributed by atoms with E-state index in [4.69, 9.17) is 16.3 Å². The van der Waals surface area contributed by atoms with E-state index in [0.717, 1.165) is 33.1 Å². The van der Waals surface area contributed by atoms with Crippen LogP contribution in [0.4, 0.5) is 0 Å². The SMILES string of the molecule is CC[C@@H](Oc1ccc2ccccc2c1)C(=O)NCCSCc1ccc(Cl)cc1. The summed E-state index contributed by atoms with van der Waals surface area (Å²) in [5.41, 5.74) is 1.23. The van der Waals surface area contributed by atoms with Gasteiger partial charge in [0, 0.05) is 23.1 Å². The lowest BCUT2D eigenvalue weighted by molar-refractivity contribution is -0.127. The highest BCUT2D eigenvalue weighted by Gasteiger charge is 2.17. The lowest BCUT2D eigenvalue weighted by Crippen LogP contribution is -2.39. The molecule has 0 spiro atoms. The third-order valence-corrected chi connectivity index (χ3v) is 5.67. The second-order valence-electron chi connectivity index (χ2n) is 6.49. The van der Waals surface area contributed by atoms with E-state index < -0.39 is 6.10 Å². The molecule has 5 heteroatoms. The Morgan fingerprint density at radius 1 is 1.07 bits per heavy atom. The summed E-state index contributed by atoms with van der Waals surface area (Å²) in [4.78, 5) is 12.5. The number of fused-ring (bicyclic) bond motifs is 1. The van der Waals surface area contributed by atoms with Crippen molar-refractivity contribution in [1.82, 2.24) is 5.32 Å². The fourth-order valence-electron chi connectivity index (χ4n) is 2.86. The molecular formula is C23H24ClNO2S. The molecule has 0 radical (unpaired) electrons. The van der Waals surface area contributed by atoms with E-state index in [-0.39, 0.29) is 5.91 Å². The second-order valence-corrected chi connectivity index (χ2v) is 8.04. The first-order valence-corrected chi connectivity index (χ1v) is 10.9. The summed E-state index contributed by atoms with van der Waals surface area (Å²) in [7, 11) is 0. The topological polar surface area (TPSA) is 38.3 Å². The zero-order chi connectivity index (χ0) is 19.8. The summed E-state index contributed by atoms with van der Waals surface area (Å²) in [5, 5.41) is 5.99. The molecule has 28 heavy (non-hydrogen) atoms. The Morgan fingerprint density at radius 2 is 1.82 bits per heavy atom. The highest BCUT2D eigenvalue weighted by atomic mass is 35.5. The number of carbonyl (C=O) groups is 1. The molecule has 0 heterocycles. The van der Waals surface area contributed by atoms with Crippen LogP contribution in [0.2, 0.25) is 5.02 Å². The van der Waals surface area contributed by atoms with E-state index >= 15 is 0 Å². The maximum absolute atomic E-state index is 12.5. The van der Waals surface area contributed by atoms with Gasteiger partial charge in [0.1, 0.15) is 5.75 Å². The van der Waals surface area contributed by atoms with Crippen molar-refractivity contribution in [3.05, 3.63) is 77.3 Å². The second kappa shape index (κ2) is 10.4. The Bertz CT molecular complexity index is 914. The lowest BCUT2D eigenvalue weighted by atomic mass is 10.1. The van der Waals surface area contributed by atoms with Gasteiger partial charge in [-0.2, -0.15) is 11.8 Å². The van der Waals surface area contributed by atoms with E-state index in [1.54, 1.807) is 11.8 Å². The average Bonchev–Trinajstić information content (AvgIpc) is 2.72. The van der Waals surface area contributed by atoms with E-state index in [9.17, 15) is 4.79 Å². The fraction of sp³-hybridized carbons (Fsp3) is 0.261. The van der Waals surface area contributed by atoms with Crippen molar-refractivity contribution in [2.75, 3.05) is 12.3 Å². The number of ether oxygens (including phenoxy) is 1. The van der Waals surface area contributed by atoms with Gasteiger partial charge in [-0.1, -0.05) is 61.0 Å². The summed E-state index contributed by atoms with van der Waals surface area (Å²) in [5.74, 6) is 2.40. The number of hydrogen-bond acceptors (Lipinski definition) is 3. The highest BCUT2D eigenvalue weighted by molar-refractivity contribution is 7.98. The Morgan fingerprint density at radius 3 is 2.57 bits per heavy atom. The van der Waals surface area contributed by atoms with Gasteiger partial charge < -0.3 is 10.1 Å². The summed E-state index contributed by atoms with van der Waals surface area (Å²) in [6.45, 7) is 2.58. The number of hydrogen-bond donors (Lipinski definition) is 1. The van der Waals surface area contributed by atoms with E-state index in [0.29, 0.717) is 13.0 Å². The summed E-state index contributed by atoms with van der Waals surface area (Å²) < 4.78 is 5.94. The van der Waals surface area contributed by atoms with Crippen molar-refractivity contribution in [2.45, 2.75) is 25.2 Å². The molecule has 1 amide bonds. The predicted octanol–water partition coefficient (Wildman–Crippen LogP) is 5.70. The first kappa shape index (κ1) is 20.6. The van der Waals surface area contributed by atoms with Crippen molar-refractivity contribution >= 4 is 40.0 Å². The molecule has 0 unspecified atom stereocenters. The van der Waals surface area contributed by atoms with Crippen LogP contribution in [-0.2, 0) is 10.5 Å². The van der Waals surface area contributed by atoms with Crippen molar-refractivity contribution in [2.24, 2.45) is 0 Å². The molecule has 3 rings (SSSR count). The molecule has 1 N–H and O–H groups in total. The van der Waals surface area contributed by atoms with Crippen LogP contribution in [0.15, 0.2) is 66.7 Å². The van der Waals surface area contributed by atoms with Crippen molar-refractivity contribution in [3.8, 4) is 5.75 Å². The van der Waals surface area contributed by atoms with Crippen LogP contribution in [0.1, 0.15) is 18.9 Å². The first-order chi connectivity index (χ1) is 13.7. The van der Waals surface area contributed by atoms with Crippen LogP contribution < -0.4 is 10.1 Å². The van der Waals surface area contributed by atoms with Crippen molar-refractivity contribution in [1.29, 1.82) is 0 Å². The predicted molar refractivity (Wildman–Crippen MR) is 119 cm³/mol. The largest absolute Gasteiger partial charge is 0.481 e. The van der Waals surface area contributed by atoms with Gasteiger partial charge in [-0.15, -0.1) is 0 Å². The van der Waals surface area contributed by atoms with Crippen LogP contribution >= 0.6 is 23.4 Å². The summed E-state index contributed by atoms with van der Waals surface area (Å²) in [6, 6.07) is 21.9. The Hall–Kier alpha value is -2.17. The van der Waals surface area contributed by atoms with Crippen LogP contribution in [-0.4, -0.2) is 24.3 Å². The van der Waals surface area contributed by atoms with Gasteiger partial charge in [0.05, 0.1) is 0 Å². The molecule has 0 aliphatic carbocycles. The number of amides is 1. The molecule has 0 saturated heterocycles.